The van der Waals surface area contributed by atoms with E-state index in [1.165, 1.54) is 18.7 Å². The predicted molar refractivity (Wildman–Crippen MR) is 197 cm³/mol. The van der Waals surface area contributed by atoms with Crippen LogP contribution in [0.15, 0.2) is 89.2 Å². The summed E-state index contributed by atoms with van der Waals surface area (Å²) in [6.07, 6.45) is 1.51. The quantitative estimate of drug-likeness (QED) is 0.0597. The summed E-state index contributed by atoms with van der Waals surface area (Å²) in [6, 6.07) is 21.7. The highest BCUT2D eigenvalue weighted by atomic mass is 127. The molecule has 1 aliphatic rings. The average molecular weight is 793 g/mol. The first-order valence-electron chi connectivity index (χ1n) is 15.9. The number of halogens is 1. The largest absolute Gasteiger partial charge is 0.493 e. The number of hydrogen-bond donors (Lipinski definition) is 3. The molecule has 12 nitrogen and oxygen atoms in total. The Morgan fingerprint density at radius 2 is 1.72 bits per heavy atom. The number of carbonyl (C=O) groups is 3. The lowest BCUT2D eigenvalue weighted by molar-refractivity contribution is -0.139. The Morgan fingerprint density at radius 1 is 0.920 bits per heavy atom. The molecular weight excluding hydrogens is 755 g/mol. The number of fused-ring (bicyclic) bond motifs is 1. The zero-order chi connectivity index (χ0) is 35.6. The minimum absolute atomic E-state index is 0.181. The summed E-state index contributed by atoms with van der Waals surface area (Å²) < 4.78 is 29.3. The number of nitrogens with zero attached hydrogens (tertiary/aromatic N) is 1. The van der Waals surface area contributed by atoms with E-state index in [0.29, 0.717) is 47.3 Å². The van der Waals surface area contributed by atoms with E-state index in [2.05, 4.69) is 68.0 Å². The molecule has 0 radical (unpaired) electrons. The summed E-state index contributed by atoms with van der Waals surface area (Å²) in [6.45, 7) is 5.87. The lowest BCUT2D eigenvalue weighted by Gasteiger charge is -2.28. The predicted octanol–water partition coefficient (Wildman–Crippen LogP) is 6.15. The number of urea groups is 1. The van der Waals surface area contributed by atoms with Gasteiger partial charge in [-0.3, -0.25) is 4.79 Å². The van der Waals surface area contributed by atoms with Gasteiger partial charge >= 0.3 is 12.0 Å². The minimum atomic E-state index is -0.778. The van der Waals surface area contributed by atoms with E-state index in [4.69, 9.17) is 23.7 Å². The number of nitrogens with one attached hydrogen (secondary N) is 3. The molecule has 5 rings (SSSR count). The summed E-state index contributed by atoms with van der Waals surface area (Å²) in [5, 5.41) is 11.7. The molecule has 4 aromatic rings. The maximum Gasteiger partial charge on any atom is 0.338 e. The molecule has 0 fully saturated rings. The Labute approximate surface area is 303 Å². The van der Waals surface area contributed by atoms with Crippen molar-refractivity contribution in [2.24, 2.45) is 5.10 Å². The molecule has 0 saturated carbocycles. The van der Waals surface area contributed by atoms with Crippen LogP contribution in [-0.4, -0.2) is 51.1 Å². The molecular formula is C37H37IN4O8. The third-order valence-electron chi connectivity index (χ3n) is 7.58. The maximum atomic E-state index is 12.7. The van der Waals surface area contributed by atoms with Gasteiger partial charge in [0.15, 0.2) is 29.6 Å². The number of ether oxygens (including phenoxy) is 5. The third-order valence-corrected chi connectivity index (χ3v) is 8.38. The number of esters is 1. The number of amides is 3. The molecule has 13 heteroatoms. The fourth-order valence-electron chi connectivity index (χ4n) is 5.31. The van der Waals surface area contributed by atoms with Gasteiger partial charge in [-0.2, -0.15) is 5.10 Å². The van der Waals surface area contributed by atoms with E-state index in [1.807, 2.05) is 31.2 Å². The Hall–Kier alpha value is -5.31. The maximum absolute atomic E-state index is 12.7. The Bertz CT molecular complexity index is 1960. The molecule has 0 unspecified atom stereocenters. The van der Waals surface area contributed by atoms with Crippen LogP contribution in [0.25, 0.3) is 10.8 Å². The highest BCUT2D eigenvalue weighted by Gasteiger charge is 2.32. The number of methoxy groups -OCH3 is 1. The van der Waals surface area contributed by atoms with Crippen LogP contribution in [0.1, 0.15) is 43.5 Å². The van der Waals surface area contributed by atoms with E-state index < -0.39 is 23.9 Å². The fraction of sp³-hybridized carbons (Fsp3) is 0.243. The van der Waals surface area contributed by atoms with Gasteiger partial charge in [0.25, 0.3) is 5.91 Å². The van der Waals surface area contributed by atoms with Crippen LogP contribution in [0.5, 0.6) is 23.0 Å². The average Bonchev–Trinajstić information content (AvgIpc) is 3.10. The first kappa shape index (κ1) is 36.0. The molecule has 1 aliphatic heterocycles. The van der Waals surface area contributed by atoms with Gasteiger partial charge in [-0.25, -0.2) is 15.0 Å². The zero-order valence-corrected chi connectivity index (χ0v) is 30.2. The van der Waals surface area contributed by atoms with Crippen LogP contribution < -0.4 is 35.0 Å². The van der Waals surface area contributed by atoms with Crippen LogP contribution in [0, 0.1) is 3.57 Å². The van der Waals surface area contributed by atoms with Crippen molar-refractivity contribution in [2.45, 2.75) is 33.4 Å². The number of carbonyl (C=O) groups excluding carboxylic acids is 3. The smallest absolute Gasteiger partial charge is 0.338 e. The second kappa shape index (κ2) is 16.9. The van der Waals surface area contributed by atoms with Crippen molar-refractivity contribution in [2.75, 3.05) is 26.9 Å². The van der Waals surface area contributed by atoms with Gasteiger partial charge in [0.2, 0.25) is 0 Å². The first-order valence-corrected chi connectivity index (χ1v) is 16.9. The van der Waals surface area contributed by atoms with Crippen molar-refractivity contribution in [1.82, 2.24) is 16.1 Å². The van der Waals surface area contributed by atoms with Crippen LogP contribution in [0.2, 0.25) is 0 Å². The molecule has 50 heavy (non-hydrogen) atoms. The van der Waals surface area contributed by atoms with E-state index in [9.17, 15) is 14.4 Å². The lowest BCUT2D eigenvalue weighted by atomic mass is 9.95. The lowest BCUT2D eigenvalue weighted by Crippen LogP contribution is -2.45. The molecule has 1 atom stereocenters. The monoisotopic (exact) mass is 792 g/mol. The van der Waals surface area contributed by atoms with E-state index in [0.717, 1.165) is 14.5 Å². The van der Waals surface area contributed by atoms with E-state index in [-0.39, 0.29) is 24.5 Å². The Morgan fingerprint density at radius 3 is 2.48 bits per heavy atom. The van der Waals surface area contributed by atoms with Crippen molar-refractivity contribution >= 4 is 57.5 Å². The summed E-state index contributed by atoms with van der Waals surface area (Å²) >= 11 is 2.19. The van der Waals surface area contributed by atoms with Crippen LogP contribution in [0.3, 0.4) is 0 Å². The number of rotatable bonds is 14. The number of hydrogen-bond acceptors (Lipinski definition) is 9. The second-order valence-corrected chi connectivity index (χ2v) is 12.2. The molecule has 1 heterocycles. The normalized spacial score (nSPS) is 14.2. The van der Waals surface area contributed by atoms with Crippen LogP contribution in [-0.2, 0) is 20.9 Å². The Balaban J connectivity index is 1.20. The Kier molecular flexibility index (Phi) is 12.1. The molecule has 0 spiro atoms. The fourth-order valence-corrected chi connectivity index (χ4v) is 6.09. The highest BCUT2D eigenvalue weighted by molar-refractivity contribution is 14.1. The highest BCUT2D eigenvalue weighted by Crippen LogP contribution is 2.36. The molecule has 260 valence electrons. The van der Waals surface area contributed by atoms with Crippen molar-refractivity contribution in [3.05, 3.63) is 104 Å². The third kappa shape index (κ3) is 8.83. The van der Waals surface area contributed by atoms with Gasteiger partial charge in [0.05, 0.1) is 41.7 Å². The summed E-state index contributed by atoms with van der Waals surface area (Å²) in [5.74, 6) is 0.717. The number of allylic oxidation sites excluding steroid dienone is 1. The minimum Gasteiger partial charge on any atom is -0.493 e. The molecule has 3 amide bonds. The van der Waals surface area contributed by atoms with Gasteiger partial charge < -0.3 is 34.3 Å². The van der Waals surface area contributed by atoms with Gasteiger partial charge in [-0.15, -0.1) is 0 Å². The number of benzene rings is 4. The van der Waals surface area contributed by atoms with Gasteiger partial charge in [0.1, 0.15) is 6.61 Å². The summed E-state index contributed by atoms with van der Waals surface area (Å²) in [5.41, 5.74) is 5.42. The van der Waals surface area contributed by atoms with Crippen molar-refractivity contribution < 1.29 is 38.1 Å². The summed E-state index contributed by atoms with van der Waals surface area (Å²) in [4.78, 5) is 37.5. The topological polar surface area (TPSA) is 146 Å². The van der Waals surface area contributed by atoms with E-state index in [1.54, 1.807) is 38.1 Å². The van der Waals surface area contributed by atoms with E-state index >= 15 is 0 Å². The van der Waals surface area contributed by atoms with Crippen LogP contribution in [0.4, 0.5) is 4.79 Å². The van der Waals surface area contributed by atoms with Crippen molar-refractivity contribution in [3.8, 4) is 23.0 Å². The van der Waals surface area contributed by atoms with Crippen molar-refractivity contribution in [3.63, 3.8) is 0 Å². The molecule has 0 saturated heterocycles. The molecule has 4 aromatic carbocycles. The number of hydrazone groups is 1. The van der Waals surface area contributed by atoms with Gasteiger partial charge in [0, 0.05) is 5.70 Å². The molecule has 0 aromatic heterocycles. The van der Waals surface area contributed by atoms with Crippen molar-refractivity contribution in [1.29, 1.82) is 0 Å². The molecule has 0 aliphatic carbocycles. The second-order valence-electron chi connectivity index (χ2n) is 11.0. The van der Waals surface area contributed by atoms with Gasteiger partial charge in [-0.05, 0) is 101 Å². The SMILES string of the molecule is CCOC(=O)C1=C(C)NC(=O)N[C@@H]1c1ccc(OCC(=O)N/N=C\c2cc(I)c(OCc3ccc4ccccc4c3)c(OCC)c2)c(OC)c1. The first-order chi connectivity index (χ1) is 24.2. The van der Waals surface area contributed by atoms with Gasteiger partial charge in [-0.1, -0.05) is 42.5 Å². The molecule has 3 N–H and O–H groups in total. The zero-order valence-electron chi connectivity index (χ0n) is 28.0. The molecule has 0 bridgehead atoms. The van der Waals surface area contributed by atoms with Crippen LogP contribution >= 0.6 is 22.6 Å². The standard InChI is InChI=1S/C37H37IN4O8/c1-5-47-31-17-24(16-28(38)35(31)50-20-23-11-12-25-9-7-8-10-26(25)15-23)19-39-42-32(43)21-49-29-14-13-27(18-30(29)46-4)34-33(36(44)48-6-2)22(3)40-37(45)41-34/h7-19,34H,5-6,20-21H2,1-4H3,(H,42,43)(H2,40,41,45)/b39-19-/t34-/m1/s1. The summed E-state index contributed by atoms with van der Waals surface area (Å²) in [7, 11) is 1.45.